The quantitative estimate of drug-likeness (QED) is 0.188. The van der Waals surface area contributed by atoms with E-state index in [1.54, 1.807) is 0 Å². The van der Waals surface area contributed by atoms with E-state index in [-0.39, 0.29) is 0 Å². The Bertz CT molecular complexity index is 2690. The van der Waals surface area contributed by atoms with Crippen LogP contribution in [0.15, 0.2) is 146 Å². The highest BCUT2D eigenvalue weighted by Gasteiger charge is 2.20. The van der Waals surface area contributed by atoms with E-state index in [9.17, 15) is 0 Å². The monoisotopic (exact) mass is 640 g/mol. The van der Waals surface area contributed by atoms with Crippen molar-refractivity contribution in [3.05, 3.63) is 157 Å². The molecule has 50 heavy (non-hydrogen) atoms. The van der Waals surface area contributed by atoms with Gasteiger partial charge in [0.05, 0.1) is 44.5 Å². The largest absolute Gasteiger partial charge is 0.309 e. The summed E-state index contributed by atoms with van der Waals surface area (Å²) in [5, 5.41) is 7.44. The molecule has 0 saturated heterocycles. The second-order valence-electron chi connectivity index (χ2n) is 13.7. The van der Waals surface area contributed by atoms with Crippen molar-refractivity contribution in [2.24, 2.45) is 0 Å². The van der Waals surface area contributed by atoms with Gasteiger partial charge in [-0.25, -0.2) is 9.97 Å². The van der Waals surface area contributed by atoms with E-state index in [4.69, 9.17) is 9.97 Å². The summed E-state index contributed by atoms with van der Waals surface area (Å²) in [6.45, 7) is 0. The van der Waals surface area contributed by atoms with Crippen LogP contribution in [0.5, 0.6) is 0 Å². The Morgan fingerprint density at radius 2 is 0.740 bits per heavy atom. The first kappa shape index (κ1) is 27.7. The van der Waals surface area contributed by atoms with Crippen LogP contribution in [0, 0.1) is 0 Å². The maximum atomic E-state index is 5.36. The Hall–Kier alpha value is -6.26. The van der Waals surface area contributed by atoms with Gasteiger partial charge in [0, 0.05) is 43.7 Å². The lowest BCUT2D eigenvalue weighted by molar-refractivity contribution is 0.726. The van der Waals surface area contributed by atoms with Crippen molar-refractivity contribution in [3.8, 4) is 22.8 Å². The van der Waals surface area contributed by atoms with Crippen molar-refractivity contribution in [1.29, 1.82) is 0 Å². The van der Waals surface area contributed by atoms with Gasteiger partial charge >= 0.3 is 0 Å². The van der Waals surface area contributed by atoms with Crippen LogP contribution in [0.2, 0.25) is 0 Å². The van der Waals surface area contributed by atoms with E-state index in [2.05, 4.69) is 155 Å². The van der Waals surface area contributed by atoms with Gasteiger partial charge in [-0.1, -0.05) is 72.8 Å². The molecule has 10 aromatic rings. The predicted molar refractivity (Wildman–Crippen MR) is 208 cm³/mol. The molecule has 1 aliphatic carbocycles. The first-order valence-electron chi connectivity index (χ1n) is 17.6. The molecule has 11 rings (SSSR count). The summed E-state index contributed by atoms with van der Waals surface area (Å²) in [6, 6.07) is 53.0. The number of fused-ring (bicyclic) bond motifs is 11. The lowest BCUT2D eigenvalue weighted by Gasteiger charge is -2.19. The number of nitrogens with zero attached hydrogens (tertiary/aromatic N) is 4. The summed E-state index contributed by atoms with van der Waals surface area (Å²) in [5.74, 6) is 0. The van der Waals surface area contributed by atoms with Crippen LogP contribution >= 0.6 is 0 Å². The highest BCUT2D eigenvalue weighted by Crippen LogP contribution is 2.37. The molecule has 0 spiro atoms. The number of benzene rings is 6. The highest BCUT2D eigenvalue weighted by atomic mass is 15.0. The molecule has 4 heteroatoms. The van der Waals surface area contributed by atoms with Crippen LogP contribution in [0.4, 0.5) is 0 Å². The van der Waals surface area contributed by atoms with Gasteiger partial charge in [0.15, 0.2) is 0 Å². The van der Waals surface area contributed by atoms with E-state index in [1.165, 1.54) is 65.5 Å². The number of aromatic nitrogens is 4. The summed E-state index contributed by atoms with van der Waals surface area (Å²) in [5.41, 5.74) is 13.8. The molecule has 1 aliphatic rings. The molecule has 236 valence electrons. The SMILES string of the molecule is c1ccc2c(c1)c1ccccc1n2-c1ccc2nc3c(cc2c1)CCCCc1cc2cc(-n4c5ccccc5c5ccccc54)ccc2nc1-3. The summed E-state index contributed by atoms with van der Waals surface area (Å²) >= 11 is 0. The van der Waals surface area contributed by atoms with Gasteiger partial charge in [0.25, 0.3) is 0 Å². The van der Waals surface area contributed by atoms with Crippen molar-refractivity contribution in [3.63, 3.8) is 0 Å². The van der Waals surface area contributed by atoms with E-state index in [0.29, 0.717) is 0 Å². The lowest BCUT2D eigenvalue weighted by Crippen LogP contribution is -2.05. The topological polar surface area (TPSA) is 35.6 Å². The molecule has 0 radical (unpaired) electrons. The van der Waals surface area contributed by atoms with E-state index >= 15 is 0 Å². The van der Waals surface area contributed by atoms with Crippen LogP contribution in [-0.2, 0) is 12.8 Å². The average molecular weight is 641 g/mol. The molecule has 6 aromatic carbocycles. The fourth-order valence-electron chi connectivity index (χ4n) is 8.52. The molecular formula is C46H32N4. The summed E-state index contributed by atoms with van der Waals surface area (Å²) in [6.07, 6.45) is 4.27. The number of hydrogen-bond donors (Lipinski definition) is 0. The molecule has 0 bridgehead atoms. The van der Waals surface area contributed by atoms with Crippen molar-refractivity contribution in [1.82, 2.24) is 19.1 Å². The maximum Gasteiger partial charge on any atom is 0.0928 e. The number of hydrogen-bond acceptors (Lipinski definition) is 2. The van der Waals surface area contributed by atoms with Gasteiger partial charge in [0.2, 0.25) is 0 Å². The maximum absolute atomic E-state index is 5.36. The van der Waals surface area contributed by atoms with Crippen LogP contribution in [-0.4, -0.2) is 19.1 Å². The zero-order chi connectivity index (χ0) is 32.8. The zero-order valence-electron chi connectivity index (χ0n) is 27.5. The number of rotatable bonds is 2. The average Bonchev–Trinajstić information content (AvgIpc) is 3.68. The Kier molecular flexibility index (Phi) is 5.88. The second-order valence-corrected chi connectivity index (χ2v) is 13.7. The minimum Gasteiger partial charge on any atom is -0.309 e. The molecule has 0 saturated carbocycles. The molecule has 4 nitrogen and oxygen atoms in total. The molecule has 0 fully saturated rings. The van der Waals surface area contributed by atoms with Gasteiger partial charge in [-0.15, -0.1) is 0 Å². The van der Waals surface area contributed by atoms with Crippen molar-refractivity contribution in [2.75, 3.05) is 0 Å². The van der Waals surface area contributed by atoms with Gasteiger partial charge in [0.1, 0.15) is 0 Å². The third-order valence-corrected chi connectivity index (χ3v) is 10.8. The molecule has 0 N–H and O–H groups in total. The van der Waals surface area contributed by atoms with Gasteiger partial charge in [-0.05, 0) is 110 Å². The third-order valence-electron chi connectivity index (χ3n) is 10.8. The molecule has 0 unspecified atom stereocenters. The smallest absolute Gasteiger partial charge is 0.0928 e. The highest BCUT2D eigenvalue weighted by molar-refractivity contribution is 6.10. The molecule has 4 heterocycles. The van der Waals surface area contributed by atoms with E-state index < -0.39 is 0 Å². The van der Waals surface area contributed by atoms with Gasteiger partial charge in [-0.2, -0.15) is 0 Å². The van der Waals surface area contributed by atoms with Crippen LogP contribution in [0.1, 0.15) is 24.0 Å². The Morgan fingerprint density at radius 3 is 1.12 bits per heavy atom. The lowest BCUT2D eigenvalue weighted by atomic mass is 9.92. The molecule has 0 aliphatic heterocycles. The fraction of sp³-hybridized carbons (Fsp3) is 0.0870. The molecule has 4 aromatic heterocycles. The summed E-state index contributed by atoms with van der Waals surface area (Å²) in [7, 11) is 0. The summed E-state index contributed by atoms with van der Waals surface area (Å²) in [4.78, 5) is 10.7. The first-order chi connectivity index (χ1) is 24.8. The predicted octanol–water partition coefficient (Wildman–Crippen LogP) is 11.5. The van der Waals surface area contributed by atoms with Crippen LogP contribution < -0.4 is 0 Å². The molecule has 0 atom stereocenters. The summed E-state index contributed by atoms with van der Waals surface area (Å²) < 4.78 is 4.77. The molecular weight excluding hydrogens is 609 g/mol. The van der Waals surface area contributed by atoms with Crippen LogP contribution in [0.25, 0.3) is 88.2 Å². The minimum atomic E-state index is 1.00. The van der Waals surface area contributed by atoms with E-state index in [1.807, 2.05) is 0 Å². The van der Waals surface area contributed by atoms with Gasteiger partial charge < -0.3 is 9.13 Å². The van der Waals surface area contributed by atoms with Gasteiger partial charge in [-0.3, -0.25) is 0 Å². The first-order valence-corrected chi connectivity index (χ1v) is 17.6. The third kappa shape index (κ3) is 4.05. The van der Waals surface area contributed by atoms with E-state index in [0.717, 1.165) is 59.5 Å². The zero-order valence-corrected chi connectivity index (χ0v) is 27.5. The van der Waals surface area contributed by atoms with Crippen molar-refractivity contribution in [2.45, 2.75) is 25.7 Å². The molecule has 0 amide bonds. The Labute approximate surface area is 288 Å². The fourth-order valence-corrected chi connectivity index (χ4v) is 8.52. The Morgan fingerprint density at radius 1 is 0.380 bits per heavy atom. The van der Waals surface area contributed by atoms with Crippen LogP contribution in [0.3, 0.4) is 0 Å². The standard InChI is InChI=1S/C46H32N4/c1-2-12-30-26-32-28-34(50-43-19-9-5-15-37(43)38-16-6-10-20-44(38)50)22-24-40(32)48-46(30)45-29(11-1)25-31-27-33(21-23-39(31)47-45)49-41-17-7-3-13-35(41)36-14-4-8-18-42(36)49/h3-10,13-28H,1-2,11-12H2. The normalized spacial score (nSPS) is 13.3. The number of pyridine rings is 2. The second kappa shape index (κ2) is 10.6. The number of aryl methyl sites for hydroxylation is 2. The van der Waals surface area contributed by atoms with Crippen molar-refractivity contribution < 1.29 is 0 Å². The van der Waals surface area contributed by atoms with Crippen molar-refractivity contribution >= 4 is 65.4 Å². The minimum absolute atomic E-state index is 1.00. The Balaban J connectivity index is 1.06. The number of para-hydroxylation sites is 4.